The first-order valence-electron chi connectivity index (χ1n) is 5.72. The molecule has 0 heterocycles. The molecule has 1 N–H and O–H groups in total. The van der Waals surface area contributed by atoms with Gasteiger partial charge in [-0.1, -0.05) is 12.1 Å². The highest BCUT2D eigenvalue weighted by Crippen LogP contribution is 2.34. The summed E-state index contributed by atoms with van der Waals surface area (Å²) < 4.78 is 41.7. The highest BCUT2D eigenvalue weighted by atomic mass is 19.4. The van der Waals surface area contributed by atoms with Gasteiger partial charge in [0.25, 0.3) is 0 Å². The molecule has 0 aromatic heterocycles. The third-order valence-corrected chi connectivity index (χ3v) is 2.56. The summed E-state index contributed by atoms with van der Waals surface area (Å²) in [6.45, 7) is 2.95. The largest absolute Gasteiger partial charge is 0.462 e. The van der Waals surface area contributed by atoms with Crippen LogP contribution in [0.15, 0.2) is 24.3 Å². The van der Waals surface area contributed by atoms with E-state index in [4.69, 9.17) is 4.74 Å². The maximum atomic E-state index is 12.3. The van der Waals surface area contributed by atoms with Crippen molar-refractivity contribution in [3.8, 4) is 0 Å². The number of halogens is 3. The van der Waals surface area contributed by atoms with Crippen molar-refractivity contribution in [3.63, 3.8) is 0 Å². The maximum absolute atomic E-state index is 12.3. The lowest BCUT2D eigenvalue weighted by Crippen LogP contribution is -2.29. The first-order chi connectivity index (χ1) is 8.65. The van der Waals surface area contributed by atoms with Crippen LogP contribution in [0.3, 0.4) is 0 Å². The SMILES string of the molecule is CCOC(=O)c1ccc(C(C)(O)CC(F)(F)F)cc1. The van der Waals surface area contributed by atoms with Gasteiger partial charge in [-0.05, 0) is 31.5 Å². The van der Waals surface area contributed by atoms with Gasteiger partial charge in [-0.15, -0.1) is 0 Å². The molecule has 0 aliphatic heterocycles. The van der Waals surface area contributed by atoms with Gasteiger partial charge in [0.15, 0.2) is 0 Å². The second kappa shape index (κ2) is 5.61. The quantitative estimate of drug-likeness (QED) is 0.860. The lowest BCUT2D eigenvalue weighted by atomic mass is 9.91. The van der Waals surface area contributed by atoms with Crippen LogP contribution < -0.4 is 0 Å². The summed E-state index contributed by atoms with van der Waals surface area (Å²) >= 11 is 0. The number of aliphatic hydroxyl groups is 1. The second-order valence-corrected chi connectivity index (χ2v) is 4.36. The van der Waals surface area contributed by atoms with Crippen LogP contribution in [0.1, 0.15) is 36.2 Å². The van der Waals surface area contributed by atoms with E-state index in [1.807, 2.05) is 0 Å². The van der Waals surface area contributed by atoms with Crippen LogP contribution >= 0.6 is 0 Å². The molecular weight excluding hydrogens is 261 g/mol. The van der Waals surface area contributed by atoms with Gasteiger partial charge in [0.2, 0.25) is 0 Å². The molecule has 0 radical (unpaired) electrons. The second-order valence-electron chi connectivity index (χ2n) is 4.36. The molecule has 1 aromatic carbocycles. The number of esters is 1. The molecule has 0 saturated carbocycles. The fourth-order valence-electron chi connectivity index (χ4n) is 1.67. The summed E-state index contributed by atoms with van der Waals surface area (Å²) in [5.74, 6) is -0.551. The van der Waals surface area contributed by atoms with Gasteiger partial charge >= 0.3 is 12.1 Å². The van der Waals surface area contributed by atoms with Crippen molar-refractivity contribution in [1.82, 2.24) is 0 Å². The minimum absolute atomic E-state index is 0.0953. The summed E-state index contributed by atoms with van der Waals surface area (Å²) in [6, 6.07) is 5.24. The predicted molar refractivity (Wildman–Crippen MR) is 62.6 cm³/mol. The lowest BCUT2D eigenvalue weighted by molar-refractivity contribution is -0.174. The molecule has 0 amide bonds. The summed E-state index contributed by atoms with van der Waals surface area (Å²) in [7, 11) is 0. The van der Waals surface area contributed by atoms with Gasteiger partial charge < -0.3 is 9.84 Å². The van der Waals surface area contributed by atoms with Gasteiger partial charge in [0.05, 0.1) is 24.2 Å². The van der Waals surface area contributed by atoms with Crippen molar-refractivity contribution in [1.29, 1.82) is 0 Å². The first-order valence-corrected chi connectivity index (χ1v) is 5.72. The highest BCUT2D eigenvalue weighted by Gasteiger charge is 2.39. The average molecular weight is 276 g/mol. The number of carbonyl (C=O) groups excluding carboxylic acids is 1. The molecule has 0 saturated heterocycles. The molecule has 1 rings (SSSR count). The van der Waals surface area contributed by atoms with Crippen LogP contribution in [0.4, 0.5) is 13.2 Å². The van der Waals surface area contributed by atoms with Crippen molar-refractivity contribution in [2.24, 2.45) is 0 Å². The van der Waals surface area contributed by atoms with Crippen molar-refractivity contribution in [3.05, 3.63) is 35.4 Å². The highest BCUT2D eigenvalue weighted by molar-refractivity contribution is 5.89. The van der Waals surface area contributed by atoms with E-state index in [0.717, 1.165) is 6.92 Å². The molecule has 0 spiro atoms. The van der Waals surface area contributed by atoms with Crippen molar-refractivity contribution in [2.75, 3.05) is 6.61 Å². The zero-order valence-corrected chi connectivity index (χ0v) is 10.6. The normalized spacial score (nSPS) is 14.8. The van der Waals surface area contributed by atoms with Crippen LogP contribution in [-0.2, 0) is 10.3 Å². The first kappa shape index (κ1) is 15.5. The van der Waals surface area contributed by atoms with Crippen LogP contribution in [0.25, 0.3) is 0 Å². The Morgan fingerprint density at radius 2 is 1.79 bits per heavy atom. The van der Waals surface area contributed by atoms with Crippen LogP contribution in [0.2, 0.25) is 0 Å². The number of alkyl halides is 3. The number of benzene rings is 1. The molecule has 1 atom stereocenters. The molecule has 1 aromatic rings. The van der Waals surface area contributed by atoms with Crippen molar-refractivity contribution < 1.29 is 27.8 Å². The minimum Gasteiger partial charge on any atom is -0.462 e. The van der Waals surface area contributed by atoms with E-state index >= 15 is 0 Å². The van der Waals surface area contributed by atoms with Gasteiger partial charge in [0.1, 0.15) is 0 Å². The number of hydrogen-bond acceptors (Lipinski definition) is 3. The maximum Gasteiger partial charge on any atom is 0.392 e. The monoisotopic (exact) mass is 276 g/mol. The minimum atomic E-state index is -4.47. The van der Waals surface area contributed by atoms with Crippen LogP contribution in [0, 0.1) is 0 Å². The Labute approximate surface area is 109 Å². The van der Waals surface area contributed by atoms with E-state index in [1.54, 1.807) is 6.92 Å². The standard InChI is InChI=1S/C13H15F3O3/c1-3-19-11(17)9-4-6-10(7-5-9)12(2,18)8-13(14,15)16/h4-7,18H,3,8H2,1-2H3. The van der Waals surface area contributed by atoms with E-state index in [0.29, 0.717) is 0 Å². The summed E-state index contributed by atoms with van der Waals surface area (Å²) in [6.07, 6.45) is -5.82. The zero-order chi connectivity index (χ0) is 14.7. The molecule has 0 fully saturated rings. The summed E-state index contributed by atoms with van der Waals surface area (Å²) in [5.41, 5.74) is -1.70. The fraction of sp³-hybridized carbons (Fsp3) is 0.462. The number of rotatable bonds is 4. The Balaban J connectivity index is 2.89. The van der Waals surface area contributed by atoms with Crippen LogP contribution in [0.5, 0.6) is 0 Å². The van der Waals surface area contributed by atoms with E-state index in [-0.39, 0.29) is 17.7 Å². The van der Waals surface area contributed by atoms with Gasteiger partial charge in [-0.3, -0.25) is 0 Å². The Morgan fingerprint density at radius 3 is 2.21 bits per heavy atom. The zero-order valence-electron chi connectivity index (χ0n) is 10.6. The molecule has 0 aliphatic rings. The van der Waals surface area contributed by atoms with Gasteiger partial charge in [-0.25, -0.2) is 4.79 Å². The predicted octanol–water partition coefficient (Wildman–Crippen LogP) is 3.02. The average Bonchev–Trinajstić information content (AvgIpc) is 2.26. The summed E-state index contributed by atoms with van der Waals surface area (Å²) in [4.78, 5) is 11.4. The lowest BCUT2D eigenvalue weighted by Gasteiger charge is -2.25. The topological polar surface area (TPSA) is 46.5 Å². The third-order valence-electron chi connectivity index (χ3n) is 2.56. The number of ether oxygens (including phenoxy) is 1. The molecule has 6 heteroatoms. The Hall–Kier alpha value is -1.56. The molecule has 0 aliphatic carbocycles. The Kier molecular flexibility index (Phi) is 4.57. The van der Waals surface area contributed by atoms with Crippen LogP contribution in [-0.4, -0.2) is 23.9 Å². The molecule has 0 bridgehead atoms. The fourth-order valence-corrected chi connectivity index (χ4v) is 1.67. The molecule has 106 valence electrons. The number of hydrogen-bond donors (Lipinski definition) is 1. The van der Waals surface area contributed by atoms with E-state index in [9.17, 15) is 23.1 Å². The smallest absolute Gasteiger partial charge is 0.392 e. The van der Waals surface area contributed by atoms with E-state index in [1.165, 1.54) is 24.3 Å². The van der Waals surface area contributed by atoms with Crippen molar-refractivity contribution in [2.45, 2.75) is 32.0 Å². The Morgan fingerprint density at radius 1 is 1.26 bits per heavy atom. The Bertz CT molecular complexity index is 435. The summed E-state index contributed by atoms with van der Waals surface area (Å²) in [5, 5.41) is 9.82. The van der Waals surface area contributed by atoms with E-state index in [2.05, 4.69) is 0 Å². The molecule has 1 unspecified atom stereocenters. The number of carbonyl (C=O) groups is 1. The van der Waals surface area contributed by atoms with Gasteiger partial charge in [0, 0.05) is 0 Å². The third kappa shape index (κ3) is 4.55. The van der Waals surface area contributed by atoms with Crippen molar-refractivity contribution >= 4 is 5.97 Å². The molecule has 3 nitrogen and oxygen atoms in total. The van der Waals surface area contributed by atoms with Gasteiger partial charge in [-0.2, -0.15) is 13.2 Å². The van der Waals surface area contributed by atoms with E-state index < -0.39 is 24.2 Å². The molecule has 19 heavy (non-hydrogen) atoms. The molecular formula is C13H15F3O3.